The highest BCUT2D eigenvalue weighted by atomic mass is 16.6. The highest BCUT2D eigenvalue weighted by Crippen LogP contribution is 2.22. The van der Waals surface area contributed by atoms with Gasteiger partial charge in [0.2, 0.25) is 0 Å². The van der Waals surface area contributed by atoms with Crippen molar-refractivity contribution in [2.45, 2.75) is 6.42 Å². The molecule has 0 aliphatic heterocycles. The van der Waals surface area contributed by atoms with Crippen LogP contribution in [0.1, 0.15) is 12.0 Å². The zero-order valence-electron chi connectivity index (χ0n) is 8.97. The van der Waals surface area contributed by atoms with Crippen molar-refractivity contribution in [3.8, 4) is 17.6 Å². The lowest BCUT2D eigenvalue weighted by Crippen LogP contribution is -1.93. The van der Waals surface area contributed by atoms with Crippen LogP contribution in [0.3, 0.4) is 0 Å². The predicted molar refractivity (Wildman–Crippen MR) is 58.8 cm³/mol. The van der Waals surface area contributed by atoms with Crippen LogP contribution in [0.25, 0.3) is 0 Å². The van der Waals surface area contributed by atoms with E-state index >= 15 is 0 Å². The number of hydrogen-bond acceptors (Lipinski definition) is 4. The molecule has 1 N–H and O–H groups in total. The van der Waals surface area contributed by atoms with E-state index in [1.807, 2.05) is 0 Å². The van der Waals surface area contributed by atoms with Crippen molar-refractivity contribution in [2.75, 3.05) is 7.11 Å². The van der Waals surface area contributed by atoms with Gasteiger partial charge in [-0.3, -0.25) is 14.9 Å². The smallest absolute Gasteiger partial charge is 0.315 e. The number of methoxy groups -OCH3 is 1. The van der Waals surface area contributed by atoms with Gasteiger partial charge in [0.25, 0.3) is 5.69 Å². The number of ether oxygens (including phenoxy) is 1. The normalized spacial score (nSPS) is 9.00. The number of hydrogen-bond donors (Lipinski definition) is 1. The number of carboxylic acid groups (broad SMARTS) is 1. The fourth-order valence-electron chi connectivity index (χ4n) is 1.12. The Morgan fingerprint density at radius 3 is 2.82 bits per heavy atom. The monoisotopic (exact) mass is 235 g/mol. The average molecular weight is 235 g/mol. The van der Waals surface area contributed by atoms with Gasteiger partial charge >= 0.3 is 5.97 Å². The Labute approximate surface area is 97.0 Å². The van der Waals surface area contributed by atoms with Crippen LogP contribution in [0.5, 0.6) is 5.75 Å². The van der Waals surface area contributed by atoms with E-state index in [4.69, 9.17) is 9.84 Å². The van der Waals surface area contributed by atoms with Crippen LogP contribution < -0.4 is 4.74 Å². The first-order valence-corrected chi connectivity index (χ1v) is 4.57. The first-order chi connectivity index (χ1) is 8.04. The Bertz CT molecular complexity index is 512. The van der Waals surface area contributed by atoms with Gasteiger partial charge in [-0.2, -0.15) is 0 Å². The quantitative estimate of drug-likeness (QED) is 0.486. The van der Waals surface area contributed by atoms with Crippen molar-refractivity contribution in [1.82, 2.24) is 0 Å². The fourth-order valence-corrected chi connectivity index (χ4v) is 1.12. The Kier molecular flexibility index (Phi) is 4.06. The van der Waals surface area contributed by atoms with E-state index in [2.05, 4.69) is 11.8 Å². The molecule has 0 saturated carbocycles. The second-order valence-electron chi connectivity index (χ2n) is 3.01. The molecule has 0 aliphatic rings. The van der Waals surface area contributed by atoms with E-state index in [9.17, 15) is 14.9 Å². The maximum atomic E-state index is 10.6. The van der Waals surface area contributed by atoms with Crippen molar-refractivity contribution in [3.63, 3.8) is 0 Å². The van der Waals surface area contributed by atoms with Crippen LogP contribution in [-0.4, -0.2) is 23.1 Å². The van der Waals surface area contributed by atoms with Crippen LogP contribution >= 0.6 is 0 Å². The molecule has 17 heavy (non-hydrogen) atoms. The summed E-state index contributed by atoms with van der Waals surface area (Å²) in [4.78, 5) is 20.3. The van der Waals surface area contributed by atoms with E-state index in [1.165, 1.54) is 25.3 Å². The van der Waals surface area contributed by atoms with Gasteiger partial charge in [0.15, 0.2) is 0 Å². The van der Waals surface area contributed by atoms with Gasteiger partial charge in [0.05, 0.1) is 17.6 Å². The standard InChI is InChI=1S/C11H9NO5/c1-17-10-6-5-9(12(15)16)7-8(10)3-2-4-11(13)14/h5-7H,4H2,1H3,(H,13,14). The Hall–Kier alpha value is -2.55. The fraction of sp³-hybridized carbons (Fsp3) is 0.182. The van der Waals surface area contributed by atoms with E-state index in [0.29, 0.717) is 11.3 Å². The van der Waals surface area contributed by atoms with Crippen molar-refractivity contribution in [2.24, 2.45) is 0 Å². The maximum absolute atomic E-state index is 10.6. The lowest BCUT2D eigenvalue weighted by molar-refractivity contribution is -0.384. The molecule has 0 bridgehead atoms. The van der Waals surface area contributed by atoms with Gasteiger partial charge in [-0.1, -0.05) is 11.8 Å². The highest BCUT2D eigenvalue weighted by molar-refractivity contribution is 5.70. The van der Waals surface area contributed by atoms with E-state index in [0.717, 1.165) is 0 Å². The van der Waals surface area contributed by atoms with Crippen LogP contribution in [0.15, 0.2) is 18.2 Å². The van der Waals surface area contributed by atoms with E-state index in [1.54, 1.807) is 0 Å². The van der Waals surface area contributed by atoms with Crippen molar-refractivity contribution < 1.29 is 19.6 Å². The summed E-state index contributed by atoms with van der Waals surface area (Å²) >= 11 is 0. The second kappa shape index (κ2) is 5.51. The zero-order chi connectivity index (χ0) is 12.8. The molecule has 1 aromatic rings. The summed E-state index contributed by atoms with van der Waals surface area (Å²) in [7, 11) is 1.41. The number of nitro groups is 1. The van der Waals surface area contributed by atoms with Crippen LogP contribution in [0.4, 0.5) is 5.69 Å². The Morgan fingerprint density at radius 2 is 2.29 bits per heavy atom. The molecule has 88 valence electrons. The zero-order valence-corrected chi connectivity index (χ0v) is 8.97. The van der Waals surface area contributed by atoms with Crippen molar-refractivity contribution in [3.05, 3.63) is 33.9 Å². The highest BCUT2D eigenvalue weighted by Gasteiger charge is 2.09. The molecule has 0 unspecified atom stereocenters. The van der Waals surface area contributed by atoms with Crippen LogP contribution in [-0.2, 0) is 4.79 Å². The molecule has 1 rings (SSSR count). The Balaban J connectivity index is 3.08. The number of nitro benzene ring substituents is 1. The van der Waals surface area contributed by atoms with Gasteiger partial charge in [0, 0.05) is 12.1 Å². The molecule has 0 fully saturated rings. The molecular formula is C11H9NO5. The summed E-state index contributed by atoms with van der Waals surface area (Å²) in [6, 6.07) is 3.96. The molecular weight excluding hydrogens is 226 g/mol. The SMILES string of the molecule is COc1ccc([N+](=O)[O-])cc1C#CCC(=O)O. The number of non-ortho nitro benzene ring substituents is 1. The lowest BCUT2D eigenvalue weighted by atomic mass is 10.2. The third-order valence-corrected chi connectivity index (χ3v) is 1.86. The summed E-state index contributed by atoms with van der Waals surface area (Å²) in [5.41, 5.74) is 0.174. The minimum absolute atomic E-state index is 0.120. The van der Waals surface area contributed by atoms with E-state index in [-0.39, 0.29) is 12.1 Å². The second-order valence-corrected chi connectivity index (χ2v) is 3.01. The van der Waals surface area contributed by atoms with Gasteiger partial charge in [-0.05, 0) is 6.07 Å². The lowest BCUT2D eigenvalue weighted by Gasteiger charge is -2.02. The van der Waals surface area contributed by atoms with Gasteiger partial charge in [-0.15, -0.1) is 0 Å². The third kappa shape index (κ3) is 3.50. The topological polar surface area (TPSA) is 89.7 Å². The number of rotatable bonds is 3. The molecule has 0 spiro atoms. The Morgan fingerprint density at radius 1 is 1.59 bits per heavy atom. The molecule has 0 heterocycles. The van der Waals surface area contributed by atoms with E-state index < -0.39 is 10.9 Å². The molecule has 0 aromatic heterocycles. The number of benzene rings is 1. The largest absolute Gasteiger partial charge is 0.495 e. The molecule has 6 heteroatoms. The maximum Gasteiger partial charge on any atom is 0.315 e. The van der Waals surface area contributed by atoms with Crippen LogP contribution in [0, 0.1) is 22.0 Å². The minimum Gasteiger partial charge on any atom is -0.495 e. The van der Waals surface area contributed by atoms with Crippen molar-refractivity contribution >= 4 is 11.7 Å². The number of carboxylic acids is 1. The van der Waals surface area contributed by atoms with Crippen LogP contribution in [0.2, 0.25) is 0 Å². The van der Waals surface area contributed by atoms with Gasteiger partial charge in [-0.25, -0.2) is 0 Å². The molecule has 0 amide bonds. The van der Waals surface area contributed by atoms with Gasteiger partial charge < -0.3 is 9.84 Å². The molecule has 0 radical (unpaired) electrons. The molecule has 0 aliphatic carbocycles. The molecule has 0 saturated heterocycles. The number of nitrogens with zero attached hydrogens (tertiary/aromatic N) is 1. The number of carbonyl (C=O) groups is 1. The summed E-state index contributed by atoms with van der Waals surface area (Å²) < 4.78 is 4.97. The summed E-state index contributed by atoms with van der Waals surface area (Å²) in [5.74, 6) is 4.24. The number of aliphatic carboxylic acids is 1. The molecule has 1 aromatic carbocycles. The predicted octanol–water partition coefficient (Wildman–Crippen LogP) is 1.43. The van der Waals surface area contributed by atoms with Crippen molar-refractivity contribution in [1.29, 1.82) is 0 Å². The summed E-state index contributed by atoms with van der Waals surface area (Å²) in [5, 5.41) is 19.0. The summed E-state index contributed by atoms with van der Waals surface area (Å²) in [6.45, 7) is 0. The molecule has 0 atom stereocenters. The third-order valence-electron chi connectivity index (χ3n) is 1.86. The first kappa shape index (κ1) is 12.5. The first-order valence-electron chi connectivity index (χ1n) is 4.57. The minimum atomic E-state index is -1.05. The summed E-state index contributed by atoms with van der Waals surface area (Å²) in [6.07, 6.45) is -0.328. The van der Waals surface area contributed by atoms with Gasteiger partial charge in [0.1, 0.15) is 12.2 Å². The molecule has 6 nitrogen and oxygen atoms in total. The average Bonchev–Trinajstić information content (AvgIpc) is 2.28.